The number of amides is 1. The van der Waals surface area contributed by atoms with Gasteiger partial charge in [-0.2, -0.15) is 0 Å². The van der Waals surface area contributed by atoms with Crippen molar-refractivity contribution in [1.29, 1.82) is 0 Å². The van der Waals surface area contributed by atoms with Crippen LogP contribution in [0.25, 0.3) is 32.9 Å². The fourth-order valence-corrected chi connectivity index (χ4v) is 7.18. The largest absolute Gasteiger partial charge is 0.468 e. The molecular formula is C35H41F2N5O4S. The van der Waals surface area contributed by atoms with E-state index in [4.69, 9.17) is 29.2 Å². The number of methoxy groups -OCH3 is 1. The number of benzene rings is 2. The Hall–Kier alpha value is -3.77. The van der Waals surface area contributed by atoms with E-state index in [1.165, 1.54) is 24.9 Å². The summed E-state index contributed by atoms with van der Waals surface area (Å²) < 4.78 is 48.7. The number of ether oxygens (including phenoxy) is 3. The number of fused-ring (bicyclic) bond motifs is 3. The third-order valence-corrected chi connectivity index (χ3v) is 9.49. The van der Waals surface area contributed by atoms with Crippen molar-refractivity contribution in [3.63, 3.8) is 0 Å². The Morgan fingerprint density at radius 2 is 1.87 bits per heavy atom. The lowest BCUT2D eigenvalue weighted by Gasteiger charge is -2.46. The van der Waals surface area contributed by atoms with Gasteiger partial charge in [-0.25, -0.2) is 28.5 Å². The van der Waals surface area contributed by atoms with Crippen LogP contribution in [-0.4, -0.2) is 76.4 Å². The van der Waals surface area contributed by atoms with Crippen molar-refractivity contribution in [2.45, 2.75) is 83.6 Å². The zero-order valence-electron chi connectivity index (χ0n) is 27.9. The van der Waals surface area contributed by atoms with Gasteiger partial charge in [-0.15, -0.1) is 0 Å². The van der Waals surface area contributed by atoms with E-state index >= 15 is 4.39 Å². The summed E-state index contributed by atoms with van der Waals surface area (Å²) in [6, 6.07) is 6.31. The van der Waals surface area contributed by atoms with Gasteiger partial charge in [0.1, 0.15) is 34.2 Å². The highest BCUT2D eigenvalue weighted by atomic mass is 32.2. The molecule has 6 rings (SSSR count). The van der Waals surface area contributed by atoms with Gasteiger partial charge in [-0.3, -0.25) is 0 Å². The molecule has 0 radical (unpaired) electrons. The van der Waals surface area contributed by atoms with Gasteiger partial charge in [-0.05, 0) is 87.2 Å². The maximum Gasteiger partial charge on any atom is 0.410 e. The van der Waals surface area contributed by atoms with E-state index in [-0.39, 0.29) is 36.2 Å². The molecular weight excluding hydrogens is 624 g/mol. The summed E-state index contributed by atoms with van der Waals surface area (Å²) in [5.41, 5.74) is 1.10. The summed E-state index contributed by atoms with van der Waals surface area (Å²) in [6.07, 6.45) is 1.54. The molecule has 4 heterocycles. The number of rotatable bonds is 7. The molecule has 0 unspecified atom stereocenters. The molecule has 4 aromatic rings. The van der Waals surface area contributed by atoms with Gasteiger partial charge in [0.05, 0.1) is 17.1 Å². The SMILES string of the molecule is CCSc1nc2c3c(nc(-c4cc(OCOC)cc5ccc(F)c(C)c45)c(F)c3n1)CC[C@@H]1CN(C(=O)OC(C)(C)C)[C@H](CC)CN21. The van der Waals surface area contributed by atoms with E-state index in [2.05, 4.69) is 11.8 Å². The van der Waals surface area contributed by atoms with Gasteiger partial charge in [-0.1, -0.05) is 31.7 Å². The van der Waals surface area contributed by atoms with Crippen LogP contribution in [0.4, 0.5) is 19.4 Å². The molecule has 0 aliphatic carbocycles. The van der Waals surface area contributed by atoms with Crippen molar-refractivity contribution in [1.82, 2.24) is 19.9 Å². The van der Waals surface area contributed by atoms with E-state index in [9.17, 15) is 9.18 Å². The third-order valence-electron chi connectivity index (χ3n) is 8.76. The Morgan fingerprint density at radius 1 is 1.09 bits per heavy atom. The van der Waals surface area contributed by atoms with Gasteiger partial charge in [0.15, 0.2) is 17.8 Å². The Morgan fingerprint density at radius 3 is 2.57 bits per heavy atom. The molecule has 250 valence electrons. The van der Waals surface area contributed by atoms with Gasteiger partial charge < -0.3 is 24.0 Å². The molecule has 1 saturated heterocycles. The number of hydrogen-bond donors (Lipinski definition) is 0. The van der Waals surface area contributed by atoms with Crippen LogP contribution in [-0.2, 0) is 15.9 Å². The van der Waals surface area contributed by atoms with E-state index < -0.39 is 17.2 Å². The first-order chi connectivity index (χ1) is 22.4. The average molecular weight is 666 g/mol. The molecule has 2 atom stereocenters. The smallest absolute Gasteiger partial charge is 0.410 e. The van der Waals surface area contributed by atoms with Crippen LogP contribution in [0.2, 0.25) is 0 Å². The number of aryl methyl sites for hydroxylation is 2. The maximum atomic E-state index is 17.1. The fraction of sp³-hybridized carbons (Fsp3) is 0.486. The quantitative estimate of drug-likeness (QED) is 0.112. The number of thioether (sulfide) groups is 1. The third kappa shape index (κ3) is 6.29. The zero-order valence-corrected chi connectivity index (χ0v) is 28.8. The van der Waals surface area contributed by atoms with E-state index in [0.29, 0.717) is 81.4 Å². The van der Waals surface area contributed by atoms with Crippen LogP contribution in [0.3, 0.4) is 0 Å². The first-order valence-electron chi connectivity index (χ1n) is 16.1. The Kier molecular flexibility index (Phi) is 9.19. The van der Waals surface area contributed by atoms with Crippen molar-refractivity contribution < 1.29 is 27.8 Å². The molecule has 2 aliphatic heterocycles. The first-order valence-corrected chi connectivity index (χ1v) is 17.1. The number of anilines is 1. The highest BCUT2D eigenvalue weighted by molar-refractivity contribution is 7.99. The standard InChI is InChI=1S/C35H41F2N5O4S/c1-8-21-16-41-22(17-42(21)34(43)46-35(4,5)6)11-13-26-28-31(39-33(47-9-2)40-32(28)41)29(37)30(38-26)24-15-23(45-18-44-7)14-20-10-12-25(36)19(3)27(20)24/h10,12,14-15,21-22H,8-9,11,13,16-18H2,1-7H3/t21-,22-/m1/s1. The molecule has 9 nitrogen and oxygen atoms in total. The van der Waals surface area contributed by atoms with Crippen LogP contribution in [0.15, 0.2) is 29.4 Å². The number of carbonyl (C=O) groups is 1. The minimum absolute atomic E-state index is 0.00548. The summed E-state index contributed by atoms with van der Waals surface area (Å²) in [4.78, 5) is 32.1. The lowest BCUT2D eigenvalue weighted by Crippen LogP contribution is -2.60. The molecule has 2 aromatic carbocycles. The molecule has 0 N–H and O–H groups in total. The summed E-state index contributed by atoms with van der Waals surface area (Å²) in [5.74, 6) is 0.784. The summed E-state index contributed by atoms with van der Waals surface area (Å²) in [5, 5.41) is 2.28. The van der Waals surface area contributed by atoms with Crippen molar-refractivity contribution in [2.75, 3.05) is 37.6 Å². The number of halogens is 2. The highest BCUT2D eigenvalue weighted by Crippen LogP contribution is 2.43. The Bertz CT molecular complexity index is 1850. The van der Waals surface area contributed by atoms with E-state index in [1.807, 2.05) is 32.6 Å². The van der Waals surface area contributed by atoms with Crippen molar-refractivity contribution in [2.24, 2.45) is 0 Å². The van der Waals surface area contributed by atoms with Crippen LogP contribution < -0.4 is 9.64 Å². The van der Waals surface area contributed by atoms with Crippen molar-refractivity contribution in [3.8, 4) is 17.0 Å². The van der Waals surface area contributed by atoms with Crippen molar-refractivity contribution in [3.05, 3.63) is 47.2 Å². The van der Waals surface area contributed by atoms with Gasteiger partial charge in [0.2, 0.25) is 0 Å². The van der Waals surface area contributed by atoms with Gasteiger partial charge in [0.25, 0.3) is 0 Å². The summed E-state index contributed by atoms with van der Waals surface area (Å²) in [6.45, 7) is 12.3. The molecule has 1 fully saturated rings. The second kappa shape index (κ2) is 13.0. The summed E-state index contributed by atoms with van der Waals surface area (Å²) in [7, 11) is 1.52. The molecule has 47 heavy (non-hydrogen) atoms. The lowest BCUT2D eigenvalue weighted by atomic mass is 9.95. The van der Waals surface area contributed by atoms with E-state index in [0.717, 1.165) is 6.42 Å². The summed E-state index contributed by atoms with van der Waals surface area (Å²) >= 11 is 1.44. The molecule has 2 aliphatic rings. The minimum Gasteiger partial charge on any atom is -0.468 e. The molecule has 0 saturated carbocycles. The topological polar surface area (TPSA) is 89.9 Å². The fourth-order valence-electron chi connectivity index (χ4n) is 6.61. The van der Waals surface area contributed by atoms with Crippen LogP contribution >= 0.6 is 11.8 Å². The van der Waals surface area contributed by atoms with E-state index in [1.54, 1.807) is 25.1 Å². The normalized spacial score (nSPS) is 18.0. The predicted octanol–water partition coefficient (Wildman–Crippen LogP) is 7.68. The van der Waals surface area contributed by atoms with Crippen LogP contribution in [0.5, 0.6) is 5.75 Å². The van der Waals surface area contributed by atoms with Crippen molar-refractivity contribution >= 4 is 45.3 Å². The monoisotopic (exact) mass is 665 g/mol. The lowest BCUT2D eigenvalue weighted by molar-refractivity contribution is 0.00971. The highest BCUT2D eigenvalue weighted by Gasteiger charge is 2.41. The number of carbonyl (C=O) groups excluding carboxylic acids is 1. The number of nitrogens with zero attached hydrogens (tertiary/aromatic N) is 5. The number of hydrogen-bond acceptors (Lipinski definition) is 9. The maximum absolute atomic E-state index is 17.1. The second-order valence-corrected chi connectivity index (χ2v) is 14.3. The zero-order chi connectivity index (χ0) is 33.6. The Balaban J connectivity index is 1.54. The number of pyridine rings is 1. The predicted molar refractivity (Wildman–Crippen MR) is 180 cm³/mol. The van der Waals surface area contributed by atoms with Gasteiger partial charge in [0, 0.05) is 31.8 Å². The number of aromatic nitrogens is 3. The second-order valence-electron chi connectivity index (χ2n) is 13.0. The molecule has 1 amide bonds. The first kappa shape index (κ1) is 33.1. The number of piperazine rings is 1. The van der Waals surface area contributed by atoms with Gasteiger partial charge >= 0.3 is 6.09 Å². The van der Waals surface area contributed by atoms with Crippen LogP contribution in [0, 0.1) is 18.6 Å². The molecule has 0 spiro atoms. The molecule has 0 bridgehead atoms. The van der Waals surface area contributed by atoms with Crippen LogP contribution in [0.1, 0.15) is 58.7 Å². The minimum atomic E-state index is -0.619. The molecule has 2 aromatic heterocycles. The average Bonchev–Trinajstić information content (AvgIpc) is 3.18. The Labute approximate surface area is 278 Å². The molecule has 12 heteroatoms.